The molecule has 21 heavy (non-hydrogen) atoms. The Bertz CT molecular complexity index is 517. The fraction of sp³-hybridized carbons (Fsp3) is 0.588. The largest absolute Gasteiger partial charge is 0.369 e. The van der Waals surface area contributed by atoms with Gasteiger partial charge in [-0.1, -0.05) is 31.2 Å². The van der Waals surface area contributed by atoms with Crippen molar-refractivity contribution in [3.8, 4) is 0 Å². The van der Waals surface area contributed by atoms with Crippen molar-refractivity contribution < 1.29 is 4.79 Å². The topological polar surface area (TPSA) is 72.3 Å². The predicted molar refractivity (Wildman–Crippen MR) is 85.7 cm³/mol. The quantitative estimate of drug-likeness (QED) is 0.870. The molecule has 116 valence electrons. The lowest BCUT2D eigenvalue weighted by Gasteiger charge is -2.34. The smallest absolute Gasteiger partial charge is 0.224 e. The first-order valence-electron chi connectivity index (χ1n) is 7.74. The molecule has 0 bridgehead atoms. The fourth-order valence-corrected chi connectivity index (χ4v) is 3.28. The summed E-state index contributed by atoms with van der Waals surface area (Å²) in [7, 11) is 0. The van der Waals surface area contributed by atoms with Gasteiger partial charge in [0.2, 0.25) is 5.91 Å². The summed E-state index contributed by atoms with van der Waals surface area (Å²) in [5, 5.41) is 0. The second-order valence-corrected chi connectivity index (χ2v) is 6.52. The average molecular weight is 289 g/mol. The van der Waals surface area contributed by atoms with Gasteiger partial charge in [0.25, 0.3) is 0 Å². The van der Waals surface area contributed by atoms with Crippen molar-refractivity contribution in [2.75, 3.05) is 13.1 Å². The monoisotopic (exact) mass is 289 g/mol. The van der Waals surface area contributed by atoms with E-state index in [0.29, 0.717) is 6.54 Å². The zero-order chi connectivity index (χ0) is 15.6. The number of rotatable bonds is 5. The van der Waals surface area contributed by atoms with Crippen molar-refractivity contribution >= 4 is 5.91 Å². The van der Waals surface area contributed by atoms with Crippen LogP contribution in [0.15, 0.2) is 24.3 Å². The van der Waals surface area contributed by atoms with Crippen molar-refractivity contribution in [1.29, 1.82) is 0 Å². The van der Waals surface area contributed by atoms with E-state index in [0.717, 1.165) is 19.4 Å². The molecule has 4 N–H and O–H groups in total. The van der Waals surface area contributed by atoms with Crippen molar-refractivity contribution in [3.05, 3.63) is 35.4 Å². The molecular weight excluding hydrogens is 262 g/mol. The summed E-state index contributed by atoms with van der Waals surface area (Å²) in [6.07, 6.45) is 1.71. The molecule has 1 saturated heterocycles. The van der Waals surface area contributed by atoms with Gasteiger partial charge >= 0.3 is 0 Å². The van der Waals surface area contributed by atoms with Crippen LogP contribution in [0.2, 0.25) is 0 Å². The molecule has 4 nitrogen and oxygen atoms in total. The molecule has 4 heteroatoms. The third-order valence-corrected chi connectivity index (χ3v) is 4.88. The van der Waals surface area contributed by atoms with Gasteiger partial charge in [-0.15, -0.1) is 0 Å². The minimum absolute atomic E-state index is 0.0568. The molecule has 0 aromatic heterocycles. The Morgan fingerprint density at radius 1 is 1.43 bits per heavy atom. The molecular formula is C17H27N3O. The van der Waals surface area contributed by atoms with E-state index in [1.54, 1.807) is 0 Å². The van der Waals surface area contributed by atoms with Gasteiger partial charge in [0.05, 0.1) is 11.5 Å². The van der Waals surface area contributed by atoms with Crippen LogP contribution < -0.4 is 11.5 Å². The van der Waals surface area contributed by atoms with Gasteiger partial charge in [0.15, 0.2) is 0 Å². The minimum Gasteiger partial charge on any atom is -0.369 e. The van der Waals surface area contributed by atoms with Crippen LogP contribution in [-0.2, 0) is 4.79 Å². The predicted octanol–water partition coefficient (Wildman–Crippen LogP) is 1.97. The molecule has 1 aromatic carbocycles. The van der Waals surface area contributed by atoms with E-state index >= 15 is 0 Å². The maximum absolute atomic E-state index is 11.7. The molecule has 1 amide bonds. The lowest BCUT2D eigenvalue weighted by atomic mass is 9.88. The highest BCUT2D eigenvalue weighted by Crippen LogP contribution is 2.37. The Hall–Kier alpha value is -1.39. The van der Waals surface area contributed by atoms with Crippen LogP contribution in [0.1, 0.15) is 43.9 Å². The zero-order valence-electron chi connectivity index (χ0n) is 13.3. The Balaban J connectivity index is 2.31. The van der Waals surface area contributed by atoms with Crippen molar-refractivity contribution in [2.45, 2.75) is 45.7 Å². The van der Waals surface area contributed by atoms with E-state index in [1.165, 1.54) is 11.1 Å². The molecule has 1 aliphatic rings. The summed E-state index contributed by atoms with van der Waals surface area (Å²) in [6.45, 7) is 7.75. The molecule has 0 radical (unpaired) electrons. The molecule has 1 heterocycles. The second-order valence-electron chi connectivity index (χ2n) is 6.52. The number of aryl methyl sites for hydroxylation is 1. The van der Waals surface area contributed by atoms with Crippen LogP contribution in [0.3, 0.4) is 0 Å². The van der Waals surface area contributed by atoms with Crippen LogP contribution in [0, 0.1) is 12.3 Å². The highest BCUT2D eigenvalue weighted by Gasteiger charge is 2.42. The first-order valence-corrected chi connectivity index (χ1v) is 7.74. The van der Waals surface area contributed by atoms with Gasteiger partial charge in [-0.25, -0.2) is 0 Å². The lowest BCUT2D eigenvalue weighted by molar-refractivity contribution is -0.126. The van der Waals surface area contributed by atoms with Gasteiger partial charge in [-0.3, -0.25) is 9.69 Å². The Morgan fingerprint density at radius 2 is 2.10 bits per heavy atom. The molecule has 0 spiro atoms. The Morgan fingerprint density at radius 3 is 2.62 bits per heavy atom. The molecule has 0 aliphatic carbocycles. The third-order valence-electron chi connectivity index (χ3n) is 4.88. The van der Waals surface area contributed by atoms with Gasteiger partial charge in [-0.05, 0) is 44.4 Å². The van der Waals surface area contributed by atoms with E-state index in [1.807, 2.05) is 13.0 Å². The first-order chi connectivity index (χ1) is 9.89. The van der Waals surface area contributed by atoms with E-state index < -0.39 is 5.41 Å². The number of primary amides is 1. The van der Waals surface area contributed by atoms with Crippen LogP contribution in [0.4, 0.5) is 0 Å². The van der Waals surface area contributed by atoms with Crippen LogP contribution in [0.25, 0.3) is 0 Å². The highest BCUT2D eigenvalue weighted by molar-refractivity contribution is 5.81. The van der Waals surface area contributed by atoms with E-state index in [-0.39, 0.29) is 18.0 Å². The fourth-order valence-electron chi connectivity index (χ4n) is 3.28. The van der Waals surface area contributed by atoms with E-state index in [2.05, 4.69) is 36.9 Å². The molecule has 0 saturated carbocycles. The van der Waals surface area contributed by atoms with Gasteiger partial charge in [0.1, 0.15) is 0 Å². The standard InChI is InChI=1S/C17H27N3O/c1-4-14(18)15(13-8-6-5-7-12(13)2)20-10-9-17(3,11-20)16(19)21/h5-8,14-15H,4,9-11,18H2,1-3H3,(H2,19,21). The second kappa shape index (κ2) is 6.16. The number of nitrogens with zero attached hydrogens (tertiary/aromatic N) is 1. The number of carbonyl (C=O) groups is 1. The van der Waals surface area contributed by atoms with Crippen molar-refractivity contribution in [1.82, 2.24) is 4.90 Å². The first kappa shape index (κ1) is 16.0. The van der Waals surface area contributed by atoms with Crippen LogP contribution in [0.5, 0.6) is 0 Å². The van der Waals surface area contributed by atoms with Gasteiger partial charge in [-0.2, -0.15) is 0 Å². The average Bonchev–Trinajstić information content (AvgIpc) is 2.85. The molecule has 1 fully saturated rings. The maximum atomic E-state index is 11.7. The van der Waals surface area contributed by atoms with Gasteiger partial charge in [0, 0.05) is 12.6 Å². The highest BCUT2D eigenvalue weighted by atomic mass is 16.1. The maximum Gasteiger partial charge on any atom is 0.224 e. The summed E-state index contributed by atoms with van der Waals surface area (Å²) >= 11 is 0. The zero-order valence-corrected chi connectivity index (χ0v) is 13.3. The molecule has 3 unspecified atom stereocenters. The SMILES string of the molecule is CCC(N)C(c1ccccc1C)N1CCC(C)(C(N)=O)C1. The number of hydrogen-bond acceptors (Lipinski definition) is 3. The van der Waals surface area contributed by atoms with Crippen LogP contribution in [-0.4, -0.2) is 29.9 Å². The number of benzene rings is 1. The minimum atomic E-state index is -0.436. The molecule has 3 atom stereocenters. The summed E-state index contributed by atoms with van der Waals surface area (Å²) in [4.78, 5) is 14.0. The lowest BCUT2D eigenvalue weighted by Crippen LogP contribution is -2.43. The summed E-state index contributed by atoms with van der Waals surface area (Å²) in [5.74, 6) is -0.210. The number of carbonyl (C=O) groups excluding carboxylic acids is 1. The number of likely N-dealkylation sites (tertiary alicyclic amines) is 1. The molecule has 1 aliphatic heterocycles. The van der Waals surface area contributed by atoms with Gasteiger partial charge < -0.3 is 11.5 Å². The van der Waals surface area contributed by atoms with Crippen LogP contribution >= 0.6 is 0 Å². The molecule has 2 rings (SSSR count). The summed E-state index contributed by atoms with van der Waals surface area (Å²) in [6, 6.07) is 8.58. The number of amides is 1. The Labute approximate surface area is 127 Å². The number of nitrogens with two attached hydrogens (primary N) is 2. The summed E-state index contributed by atoms with van der Waals surface area (Å²) in [5.41, 5.74) is 14.1. The van der Waals surface area contributed by atoms with E-state index in [9.17, 15) is 4.79 Å². The molecule has 1 aromatic rings. The third kappa shape index (κ3) is 3.11. The Kier molecular flexibility index (Phi) is 4.69. The van der Waals surface area contributed by atoms with E-state index in [4.69, 9.17) is 11.5 Å². The van der Waals surface area contributed by atoms with Crippen molar-refractivity contribution in [3.63, 3.8) is 0 Å². The number of hydrogen-bond donors (Lipinski definition) is 2. The summed E-state index contributed by atoms with van der Waals surface area (Å²) < 4.78 is 0. The van der Waals surface area contributed by atoms with Crippen molar-refractivity contribution in [2.24, 2.45) is 16.9 Å². The normalized spacial score (nSPS) is 25.7.